The van der Waals surface area contributed by atoms with E-state index < -0.39 is 11.9 Å². The second-order valence-electron chi connectivity index (χ2n) is 4.76. The van der Waals surface area contributed by atoms with E-state index in [2.05, 4.69) is 11.4 Å². The van der Waals surface area contributed by atoms with Gasteiger partial charge in [-0.05, 0) is 43.5 Å². The summed E-state index contributed by atoms with van der Waals surface area (Å²) in [6.07, 6.45) is 0.933. The Labute approximate surface area is 131 Å². The molecule has 1 aromatic rings. The number of nitriles is 1. The van der Waals surface area contributed by atoms with E-state index in [0.717, 1.165) is 23.3 Å². The molecule has 2 amide bonds. The number of primary amides is 1. The van der Waals surface area contributed by atoms with Gasteiger partial charge >= 0.3 is 6.03 Å². The van der Waals surface area contributed by atoms with Crippen LogP contribution in [0.15, 0.2) is 18.2 Å². The smallest absolute Gasteiger partial charge is 0.312 e. The fourth-order valence-corrected chi connectivity index (χ4v) is 1.75. The summed E-state index contributed by atoms with van der Waals surface area (Å²) in [5.74, 6) is 0.325. The van der Waals surface area contributed by atoms with Gasteiger partial charge in [0.05, 0.1) is 13.2 Å². The quantitative estimate of drug-likeness (QED) is 0.727. The number of carbonyl (C=O) groups excluding carboxylic acids is 1. The Morgan fingerprint density at radius 2 is 2.18 bits per heavy atom. The number of rotatable bonds is 5. The second-order valence-corrected chi connectivity index (χ2v) is 4.76. The van der Waals surface area contributed by atoms with E-state index in [1.807, 2.05) is 32.0 Å². The lowest BCUT2D eigenvalue weighted by atomic mass is 9.92. The minimum absolute atomic E-state index is 0.366. The van der Waals surface area contributed by atoms with Crippen LogP contribution in [0.1, 0.15) is 37.3 Å². The monoisotopic (exact) mass is 304 g/mol. The van der Waals surface area contributed by atoms with E-state index in [1.165, 1.54) is 0 Å². The first-order chi connectivity index (χ1) is 10.4. The van der Waals surface area contributed by atoms with Crippen LogP contribution in [-0.4, -0.2) is 25.4 Å². The summed E-state index contributed by atoms with van der Waals surface area (Å²) in [5, 5.41) is 18.9. The molecule has 0 heterocycles. The van der Waals surface area contributed by atoms with Crippen LogP contribution in [0.25, 0.3) is 0 Å². The Hall–Kier alpha value is -2.55. The number of carbonyl (C=O) groups is 1. The zero-order chi connectivity index (χ0) is 17.1. The molecule has 120 valence electrons. The molecule has 1 atom stereocenters. The number of nitrogens with one attached hydrogen (secondary N) is 2. The highest BCUT2D eigenvalue weighted by molar-refractivity contribution is 5.89. The largest absolute Gasteiger partial charge is 0.497 e. The van der Waals surface area contributed by atoms with Crippen molar-refractivity contribution >= 4 is 11.7 Å². The van der Waals surface area contributed by atoms with Gasteiger partial charge in [0, 0.05) is 12.3 Å². The Morgan fingerprint density at radius 3 is 2.50 bits per heavy atom. The molecular weight excluding hydrogens is 280 g/mol. The highest BCUT2D eigenvalue weighted by Gasteiger charge is 2.15. The molecule has 1 rings (SSSR count). The normalized spacial score (nSPS) is 10.5. The van der Waals surface area contributed by atoms with Gasteiger partial charge in [0.2, 0.25) is 0 Å². The molecule has 6 heteroatoms. The minimum atomic E-state index is -0.448. The highest BCUT2D eigenvalue weighted by atomic mass is 16.5. The van der Waals surface area contributed by atoms with Gasteiger partial charge in [0.25, 0.3) is 0 Å². The molecule has 0 aliphatic carbocycles. The number of hydrogen-bond donors (Lipinski definition) is 3. The lowest BCUT2D eigenvalue weighted by Crippen LogP contribution is -2.29. The predicted octanol–water partition coefficient (Wildman–Crippen LogP) is 2.72. The lowest BCUT2D eigenvalue weighted by Gasteiger charge is -2.12. The van der Waals surface area contributed by atoms with Crippen LogP contribution in [0.4, 0.5) is 4.79 Å². The fourth-order valence-electron chi connectivity index (χ4n) is 1.75. The molecule has 0 aliphatic rings. The molecule has 4 N–H and O–H groups in total. The number of ether oxygens (including phenoxy) is 1. The number of hydrogen-bond acceptors (Lipinski definition) is 4. The maximum absolute atomic E-state index is 9.87. The van der Waals surface area contributed by atoms with E-state index >= 15 is 0 Å². The summed E-state index contributed by atoms with van der Waals surface area (Å²) in [6.45, 7) is 6.22. The highest BCUT2D eigenvalue weighted by Crippen LogP contribution is 2.24. The van der Waals surface area contributed by atoms with Gasteiger partial charge in [-0.15, -0.1) is 0 Å². The van der Waals surface area contributed by atoms with E-state index in [0.29, 0.717) is 12.3 Å². The summed E-state index contributed by atoms with van der Waals surface area (Å²) < 4.78 is 5.09. The molecule has 1 aromatic carbocycles. The molecule has 0 fully saturated rings. The van der Waals surface area contributed by atoms with Crippen molar-refractivity contribution in [1.29, 1.82) is 10.7 Å². The van der Waals surface area contributed by atoms with Crippen LogP contribution < -0.4 is 15.8 Å². The van der Waals surface area contributed by atoms with Crippen molar-refractivity contribution < 1.29 is 9.53 Å². The molecule has 0 aliphatic heterocycles. The van der Waals surface area contributed by atoms with Crippen LogP contribution in [0.3, 0.4) is 0 Å². The second kappa shape index (κ2) is 10.2. The molecule has 1 unspecified atom stereocenters. The van der Waals surface area contributed by atoms with Crippen LogP contribution in [-0.2, 0) is 0 Å². The van der Waals surface area contributed by atoms with Crippen molar-refractivity contribution in [3.63, 3.8) is 0 Å². The van der Waals surface area contributed by atoms with Crippen molar-refractivity contribution in [3.8, 4) is 11.8 Å². The van der Waals surface area contributed by atoms with Gasteiger partial charge in [0.15, 0.2) is 0 Å². The Bertz CT molecular complexity index is 550. The molecule has 0 saturated heterocycles. The van der Waals surface area contributed by atoms with Gasteiger partial charge < -0.3 is 21.2 Å². The number of methoxy groups -OCH3 is 1. The number of aryl methyl sites for hydroxylation is 1. The molecule has 6 nitrogen and oxygen atoms in total. The lowest BCUT2D eigenvalue weighted by molar-refractivity contribution is 0.249. The number of amides is 2. The first-order valence-electron chi connectivity index (χ1n) is 6.99. The van der Waals surface area contributed by atoms with Crippen molar-refractivity contribution in [3.05, 3.63) is 29.3 Å². The summed E-state index contributed by atoms with van der Waals surface area (Å²) in [5.41, 5.74) is 6.95. The maximum Gasteiger partial charge on any atom is 0.312 e. The van der Waals surface area contributed by atoms with E-state index in [-0.39, 0.29) is 0 Å². The molecule has 22 heavy (non-hydrogen) atoms. The molecule has 0 spiro atoms. The third kappa shape index (κ3) is 6.75. The van der Waals surface area contributed by atoms with Crippen LogP contribution >= 0.6 is 0 Å². The molecule has 0 bridgehead atoms. The van der Waals surface area contributed by atoms with Crippen molar-refractivity contribution in [2.24, 2.45) is 5.73 Å². The van der Waals surface area contributed by atoms with Crippen molar-refractivity contribution in [2.75, 3.05) is 13.7 Å². The Balaban J connectivity index is 0.000000534. The van der Waals surface area contributed by atoms with Crippen LogP contribution in [0.5, 0.6) is 5.75 Å². The van der Waals surface area contributed by atoms with Crippen molar-refractivity contribution in [1.82, 2.24) is 5.32 Å². The molecule has 0 aromatic heterocycles. The van der Waals surface area contributed by atoms with E-state index in [9.17, 15) is 4.79 Å². The summed E-state index contributed by atoms with van der Waals surface area (Å²) in [4.78, 5) is 9.87. The van der Waals surface area contributed by atoms with Gasteiger partial charge in [-0.1, -0.05) is 13.0 Å². The topological polar surface area (TPSA) is 112 Å². The summed E-state index contributed by atoms with van der Waals surface area (Å²) >= 11 is 0. The maximum atomic E-state index is 9.87. The van der Waals surface area contributed by atoms with Gasteiger partial charge in [-0.3, -0.25) is 0 Å². The summed E-state index contributed by atoms with van der Waals surface area (Å²) in [6, 6.07) is 7.23. The van der Waals surface area contributed by atoms with Crippen LogP contribution in [0, 0.1) is 23.7 Å². The molecule has 0 saturated carbocycles. The molecular formula is C16H24N4O2. The standard InChI is InChI=1S/C12H14N2O.C4H10N2O/c1-8-6-10(15-3)4-5-11(8)12(7-13)9(2)14;1-2-3-6-4(5)7/h4-6,12,14H,1-3H3;2-3H2,1H3,(H3,5,6,7). The Kier molecular flexibility index (Phi) is 9.03. The van der Waals surface area contributed by atoms with E-state index in [1.54, 1.807) is 14.0 Å². The average Bonchev–Trinajstić information content (AvgIpc) is 2.47. The predicted molar refractivity (Wildman–Crippen MR) is 87.4 cm³/mol. The first-order valence-corrected chi connectivity index (χ1v) is 6.99. The number of nitrogens with zero attached hydrogens (tertiary/aromatic N) is 1. The number of urea groups is 1. The third-order valence-corrected chi connectivity index (χ3v) is 2.90. The Morgan fingerprint density at radius 1 is 1.55 bits per heavy atom. The zero-order valence-corrected chi connectivity index (χ0v) is 13.6. The van der Waals surface area contributed by atoms with Crippen molar-refractivity contribution in [2.45, 2.75) is 33.1 Å². The van der Waals surface area contributed by atoms with Gasteiger partial charge in [-0.25, -0.2) is 4.79 Å². The number of benzene rings is 1. The SMILES string of the molecule is CCCNC(N)=O.COc1ccc(C(C#N)C(C)=N)c(C)c1. The first kappa shape index (κ1) is 19.4. The average molecular weight is 304 g/mol. The van der Waals surface area contributed by atoms with Gasteiger partial charge in [0.1, 0.15) is 11.7 Å². The minimum Gasteiger partial charge on any atom is -0.497 e. The zero-order valence-electron chi connectivity index (χ0n) is 13.6. The van der Waals surface area contributed by atoms with Crippen LogP contribution in [0.2, 0.25) is 0 Å². The third-order valence-electron chi connectivity index (χ3n) is 2.90. The fraction of sp³-hybridized carbons (Fsp3) is 0.438. The van der Waals surface area contributed by atoms with Gasteiger partial charge in [-0.2, -0.15) is 5.26 Å². The van der Waals surface area contributed by atoms with E-state index in [4.69, 9.17) is 21.1 Å². The number of nitrogens with two attached hydrogens (primary N) is 1. The summed E-state index contributed by atoms with van der Waals surface area (Å²) in [7, 11) is 1.61. The molecule has 0 radical (unpaired) electrons.